The fourth-order valence-corrected chi connectivity index (χ4v) is 4.20. The average molecular weight is 491 g/mol. The molecule has 2 aromatic carbocycles. The Kier molecular flexibility index (Phi) is 9.24. The molecule has 4 rings (SSSR count). The number of ether oxygens (including phenoxy) is 3. The van der Waals surface area contributed by atoms with Crippen LogP contribution in [-0.4, -0.2) is 67.7 Å². The van der Waals surface area contributed by atoms with E-state index < -0.39 is 0 Å². The highest BCUT2D eigenvalue weighted by molar-refractivity contribution is 5.97. The third-order valence-electron chi connectivity index (χ3n) is 6.19. The second kappa shape index (κ2) is 13.0. The lowest BCUT2D eigenvalue weighted by Crippen LogP contribution is -2.25. The lowest BCUT2D eigenvalue weighted by molar-refractivity contribution is 0.0847. The molecule has 0 unspecified atom stereocenters. The van der Waals surface area contributed by atoms with Crippen molar-refractivity contribution in [3.63, 3.8) is 0 Å². The number of nitrogens with zero attached hydrogens (tertiary/aromatic N) is 3. The number of likely N-dealkylation sites (tertiary alicyclic amines) is 1. The van der Waals surface area contributed by atoms with Crippen molar-refractivity contribution < 1.29 is 19.0 Å². The van der Waals surface area contributed by atoms with Crippen molar-refractivity contribution in [1.82, 2.24) is 14.9 Å². The number of methoxy groups -OCH3 is 2. The van der Waals surface area contributed by atoms with Gasteiger partial charge in [0.15, 0.2) is 5.78 Å². The number of Topliss-reactive ketones (excluding diaryl/α,β-unsaturated/α-hetero) is 1. The molecule has 2 heterocycles. The zero-order valence-electron chi connectivity index (χ0n) is 21.0. The molecule has 1 aliphatic rings. The number of hydrogen-bond acceptors (Lipinski definition) is 8. The molecule has 8 heteroatoms. The van der Waals surface area contributed by atoms with Crippen LogP contribution in [0.1, 0.15) is 34.3 Å². The van der Waals surface area contributed by atoms with Crippen LogP contribution in [0.3, 0.4) is 0 Å². The van der Waals surface area contributed by atoms with Crippen LogP contribution < -0.4 is 14.8 Å². The number of aromatic nitrogens is 2. The van der Waals surface area contributed by atoms with Gasteiger partial charge in [0.05, 0.1) is 7.11 Å². The second-order valence-corrected chi connectivity index (χ2v) is 8.89. The first-order chi connectivity index (χ1) is 17.6. The highest BCUT2D eigenvalue weighted by atomic mass is 16.5. The predicted octanol–water partition coefficient (Wildman–Crippen LogP) is 4.32. The number of benzene rings is 2. The molecule has 8 nitrogen and oxygen atoms in total. The molecule has 0 radical (unpaired) electrons. The van der Waals surface area contributed by atoms with Crippen LogP contribution in [-0.2, 0) is 17.6 Å². The minimum atomic E-state index is -0.0712. The summed E-state index contributed by atoms with van der Waals surface area (Å²) in [5, 5.41) is 3.23. The first kappa shape index (κ1) is 25.6. The summed E-state index contributed by atoms with van der Waals surface area (Å²) in [6, 6.07) is 13.4. The van der Waals surface area contributed by atoms with E-state index in [-0.39, 0.29) is 12.4 Å². The Balaban J connectivity index is 1.27. The van der Waals surface area contributed by atoms with E-state index in [0.29, 0.717) is 23.9 Å². The normalized spacial score (nSPS) is 13.5. The number of hydrogen-bond donors (Lipinski definition) is 1. The van der Waals surface area contributed by atoms with Crippen molar-refractivity contribution in [2.45, 2.75) is 25.7 Å². The maximum Gasteiger partial charge on any atom is 0.227 e. The number of rotatable bonds is 13. The third-order valence-corrected chi connectivity index (χ3v) is 6.19. The molecule has 1 saturated heterocycles. The molecule has 0 atom stereocenters. The smallest absolute Gasteiger partial charge is 0.227 e. The molecule has 3 aromatic rings. The molecule has 0 aliphatic carbocycles. The Morgan fingerprint density at radius 2 is 1.67 bits per heavy atom. The lowest BCUT2D eigenvalue weighted by atomic mass is 10.0. The van der Waals surface area contributed by atoms with Crippen molar-refractivity contribution in [3.05, 3.63) is 71.5 Å². The van der Waals surface area contributed by atoms with Crippen molar-refractivity contribution in [3.8, 4) is 11.5 Å². The summed E-state index contributed by atoms with van der Waals surface area (Å²) in [6.45, 7) is 4.10. The summed E-state index contributed by atoms with van der Waals surface area (Å²) in [7, 11) is 3.11. The molecule has 36 heavy (non-hydrogen) atoms. The van der Waals surface area contributed by atoms with Gasteiger partial charge >= 0.3 is 0 Å². The molecular weight excluding hydrogens is 456 g/mol. The molecule has 0 bridgehead atoms. The summed E-state index contributed by atoms with van der Waals surface area (Å²) in [5.74, 6) is 1.99. The summed E-state index contributed by atoms with van der Waals surface area (Å²) < 4.78 is 16.2. The molecule has 0 spiro atoms. The number of ketones is 1. The van der Waals surface area contributed by atoms with E-state index in [9.17, 15) is 4.79 Å². The van der Waals surface area contributed by atoms with Crippen LogP contribution in [0, 0.1) is 0 Å². The predicted molar refractivity (Wildman–Crippen MR) is 140 cm³/mol. The van der Waals surface area contributed by atoms with Gasteiger partial charge in [-0.2, -0.15) is 0 Å². The Bertz CT molecular complexity index is 1110. The maximum atomic E-state index is 12.2. The highest BCUT2D eigenvalue weighted by Crippen LogP contribution is 2.21. The van der Waals surface area contributed by atoms with Crippen molar-refractivity contribution in [2.24, 2.45) is 0 Å². The Morgan fingerprint density at radius 3 is 2.36 bits per heavy atom. The zero-order valence-corrected chi connectivity index (χ0v) is 21.0. The molecule has 1 fully saturated rings. The number of carbonyl (C=O) groups excluding carboxylic acids is 1. The topological polar surface area (TPSA) is 85.8 Å². The summed E-state index contributed by atoms with van der Waals surface area (Å²) in [5.41, 5.74) is 3.51. The number of nitrogens with one attached hydrogen (secondary N) is 1. The van der Waals surface area contributed by atoms with E-state index in [4.69, 9.17) is 14.2 Å². The highest BCUT2D eigenvalue weighted by Gasteiger charge is 2.11. The quantitative estimate of drug-likeness (QED) is 0.355. The number of carbonyl (C=O) groups is 1. The molecule has 1 N–H and O–H groups in total. The van der Waals surface area contributed by atoms with Gasteiger partial charge in [0.2, 0.25) is 5.95 Å². The van der Waals surface area contributed by atoms with Gasteiger partial charge in [-0.25, -0.2) is 9.97 Å². The molecule has 0 amide bonds. The Morgan fingerprint density at radius 1 is 0.944 bits per heavy atom. The van der Waals surface area contributed by atoms with Crippen molar-refractivity contribution in [2.75, 3.05) is 52.4 Å². The van der Waals surface area contributed by atoms with Gasteiger partial charge in [0.25, 0.3) is 0 Å². The standard InChI is InChI=1S/C28H34N4O4/c1-34-20-27(33)23-15-21(16-26(17-23)35-2)5-6-22-18-29-28(30-19-22)31-24-7-9-25(10-8-24)36-14-13-32-11-3-4-12-32/h7-10,15-19H,3-6,11-14,20H2,1-2H3,(H,29,30,31). The zero-order chi connectivity index (χ0) is 25.2. The molecule has 1 aromatic heterocycles. The van der Waals surface area contributed by atoms with E-state index in [2.05, 4.69) is 20.2 Å². The summed E-state index contributed by atoms with van der Waals surface area (Å²) >= 11 is 0. The monoisotopic (exact) mass is 490 g/mol. The maximum absolute atomic E-state index is 12.2. The van der Waals surface area contributed by atoms with Gasteiger partial charge in [-0.1, -0.05) is 0 Å². The lowest BCUT2D eigenvalue weighted by Gasteiger charge is -2.15. The Hall–Kier alpha value is -3.49. The van der Waals surface area contributed by atoms with Crippen LogP contribution in [0.15, 0.2) is 54.9 Å². The number of anilines is 2. The third kappa shape index (κ3) is 7.50. The largest absolute Gasteiger partial charge is 0.497 e. The average Bonchev–Trinajstić information content (AvgIpc) is 3.43. The van der Waals surface area contributed by atoms with Crippen LogP contribution in [0.5, 0.6) is 11.5 Å². The minimum Gasteiger partial charge on any atom is -0.497 e. The fourth-order valence-electron chi connectivity index (χ4n) is 4.20. The van der Waals surface area contributed by atoms with Gasteiger partial charge in [-0.05, 0) is 92.4 Å². The first-order valence-corrected chi connectivity index (χ1v) is 12.4. The van der Waals surface area contributed by atoms with Crippen LogP contribution in [0.2, 0.25) is 0 Å². The van der Waals surface area contributed by atoms with Gasteiger partial charge in [-0.15, -0.1) is 0 Å². The summed E-state index contributed by atoms with van der Waals surface area (Å²) in [6.07, 6.45) is 7.72. The van der Waals surface area contributed by atoms with E-state index in [1.165, 1.54) is 33.0 Å². The minimum absolute atomic E-state index is 0.0450. The molecular formula is C28H34N4O4. The Labute approximate surface area is 212 Å². The number of aryl methyl sites for hydroxylation is 2. The van der Waals surface area contributed by atoms with Crippen LogP contribution >= 0.6 is 0 Å². The van der Waals surface area contributed by atoms with E-state index in [1.807, 2.05) is 48.8 Å². The van der Waals surface area contributed by atoms with Gasteiger partial charge in [0, 0.05) is 37.3 Å². The molecule has 0 saturated carbocycles. The van der Waals surface area contributed by atoms with Crippen LogP contribution in [0.25, 0.3) is 0 Å². The van der Waals surface area contributed by atoms with Crippen molar-refractivity contribution in [1.29, 1.82) is 0 Å². The fraction of sp³-hybridized carbons (Fsp3) is 0.393. The van der Waals surface area contributed by atoms with Gasteiger partial charge in [0.1, 0.15) is 24.7 Å². The summed E-state index contributed by atoms with van der Waals surface area (Å²) in [4.78, 5) is 23.6. The molecule has 1 aliphatic heterocycles. The second-order valence-electron chi connectivity index (χ2n) is 8.89. The van der Waals surface area contributed by atoms with Crippen LogP contribution in [0.4, 0.5) is 11.6 Å². The first-order valence-electron chi connectivity index (χ1n) is 12.4. The van der Waals surface area contributed by atoms with Gasteiger partial charge in [-0.3, -0.25) is 9.69 Å². The molecule has 190 valence electrons. The van der Waals surface area contributed by atoms with E-state index >= 15 is 0 Å². The van der Waals surface area contributed by atoms with Gasteiger partial charge < -0.3 is 19.5 Å². The SMILES string of the molecule is COCC(=O)c1cc(CCc2cnc(Nc3ccc(OCCN4CCCC4)cc3)nc2)cc(OC)c1. The van der Waals surface area contributed by atoms with E-state index in [1.54, 1.807) is 13.2 Å². The van der Waals surface area contributed by atoms with Crippen molar-refractivity contribution >= 4 is 17.4 Å². The van der Waals surface area contributed by atoms with E-state index in [0.717, 1.165) is 42.0 Å².